The lowest BCUT2D eigenvalue weighted by Gasteiger charge is -2.25. The number of likely N-dealkylation sites (N-methyl/N-ethyl adjacent to an activating group) is 1. The zero-order chi connectivity index (χ0) is 13.7. The third-order valence-electron chi connectivity index (χ3n) is 3.82. The van der Waals surface area contributed by atoms with Crippen LogP contribution >= 0.6 is 11.6 Å². The highest BCUT2D eigenvalue weighted by Crippen LogP contribution is 2.24. The number of halogens is 1. The Morgan fingerprint density at radius 1 is 1.32 bits per heavy atom. The van der Waals surface area contributed by atoms with Crippen LogP contribution in [0.3, 0.4) is 0 Å². The average molecular weight is 282 g/mol. The van der Waals surface area contributed by atoms with Gasteiger partial charge in [-0.1, -0.05) is 17.7 Å². The van der Waals surface area contributed by atoms with Crippen LogP contribution in [-0.2, 0) is 6.42 Å². The van der Waals surface area contributed by atoms with Crippen molar-refractivity contribution in [3.63, 3.8) is 0 Å². The minimum atomic E-state index is 0.675. The van der Waals surface area contributed by atoms with E-state index in [1.807, 2.05) is 6.07 Å². The van der Waals surface area contributed by atoms with Crippen molar-refractivity contribution < 1.29 is 0 Å². The van der Waals surface area contributed by atoms with Gasteiger partial charge in [0, 0.05) is 30.8 Å². The third-order valence-corrected chi connectivity index (χ3v) is 4.06. The Balaban J connectivity index is 1.99. The molecule has 1 aliphatic rings. The quantitative estimate of drug-likeness (QED) is 0.869. The topological polar surface area (TPSA) is 32.5 Å². The first-order chi connectivity index (χ1) is 9.20. The van der Waals surface area contributed by atoms with Crippen LogP contribution < -0.4 is 10.6 Å². The van der Waals surface area contributed by atoms with E-state index in [1.54, 1.807) is 0 Å². The predicted molar refractivity (Wildman–Crippen MR) is 83.2 cm³/mol. The van der Waals surface area contributed by atoms with E-state index >= 15 is 0 Å². The van der Waals surface area contributed by atoms with E-state index in [0.717, 1.165) is 24.5 Å². The van der Waals surface area contributed by atoms with E-state index in [0.29, 0.717) is 6.54 Å². The summed E-state index contributed by atoms with van der Waals surface area (Å²) in [6.45, 7) is 5.34. The van der Waals surface area contributed by atoms with E-state index in [1.165, 1.54) is 37.2 Å². The highest BCUT2D eigenvalue weighted by molar-refractivity contribution is 6.30. The second-order valence-corrected chi connectivity index (χ2v) is 5.72. The summed E-state index contributed by atoms with van der Waals surface area (Å²) in [5.74, 6) is 0. The van der Waals surface area contributed by atoms with Crippen LogP contribution in [0.1, 0.15) is 18.4 Å². The molecule has 0 spiro atoms. The van der Waals surface area contributed by atoms with Crippen molar-refractivity contribution in [3.8, 4) is 0 Å². The first-order valence-electron chi connectivity index (χ1n) is 7.12. The summed E-state index contributed by atoms with van der Waals surface area (Å²) in [4.78, 5) is 4.83. The molecule has 4 heteroatoms. The summed E-state index contributed by atoms with van der Waals surface area (Å²) in [7, 11) is 2.14. The lowest BCUT2D eigenvalue weighted by molar-refractivity contribution is 0.346. The summed E-state index contributed by atoms with van der Waals surface area (Å²) in [5, 5.41) is 0.795. The molecule has 0 aromatic heterocycles. The van der Waals surface area contributed by atoms with Crippen molar-refractivity contribution in [2.24, 2.45) is 5.73 Å². The van der Waals surface area contributed by atoms with E-state index in [2.05, 4.69) is 29.0 Å². The summed E-state index contributed by atoms with van der Waals surface area (Å²) in [6.07, 6.45) is 3.60. The van der Waals surface area contributed by atoms with E-state index in [4.69, 9.17) is 17.3 Å². The Kier molecular flexibility index (Phi) is 5.49. The van der Waals surface area contributed by atoms with Crippen LogP contribution in [0.15, 0.2) is 18.2 Å². The monoisotopic (exact) mass is 281 g/mol. The molecule has 0 saturated carbocycles. The van der Waals surface area contributed by atoms with Gasteiger partial charge in [-0.2, -0.15) is 0 Å². The van der Waals surface area contributed by atoms with Gasteiger partial charge >= 0.3 is 0 Å². The number of nitrogens with zero attached hydrogens (tertiary/aromatic N) is 2. The van der Waals surface area contributed by atoms with Crippen LogP contribution in [-0.4, -0.2) is 44.7 Å². The van der Waals surface area contributed by atoms with E-state index in [9.17, 15) is 0 Å². The van der Waals surface area contributed by atoms with Crippen LogP contribution in [0.5, 0.6) is 0 Å². The molecule has 0 amide bonds. The second kappa shape index (κ2) is 7.13. The molecule has 106 valence electrons. The van der Waals surface area contributed by atoms with Gasteiger partial charge in [-0.3, -0.25) is 0 Å². The number of anilines is 1. The molecule has 1 aliphatic heterocycles. The molecular formula is C15H24ClN3. The van der Waals surface area contributed by atoms with Gasteiger partial charge in [0.05, 0.1) is 0 Å². The standard InChI is InChI=1S/C15H24ClN3/c1-18(10-11-19-8-2-3-9-19)15-12-14(16)5-4-13(15)6-7-17/h4-5,12H,2-3,6-11,17H2,1H3. The van der Waals surface area contributed by atoms with Gasteiger partial charge in [0.15, 0.2) is 0 Å². The van der Waals surface area contributed by atoms with Crippen LogP contribution in [0, 0.1) is 0 Å². The second-order valence-electron chi connectivity index (χ2n) is 5.28. The van der Waals surface area contributed by atoms with Crippen molar-refractivity contribution in [3.05, 3.63) is 28.8 Å². The van der Waals surface area contributed by atoms with Gasteiger partial charge in [0.1, 0.15) is 0 Å². The van der Waals surface area contributed by atoms with E-state index in [-0.39, 0.29) is 0 Å². The predicted octanol–water partition coefficient (Wildman–Crippen LogP) is 2.37. The van der Waals surface area contributed by atoms with Crippen molar-refractivity contribution >= 4 is 17.3 Å². The van der Waals surface area contributed by atoms with Gasteiger partial charge in [-0.15, -0.1) is 0 Å². The first-order valence-corrected chi connectivity index (χ1v) is 7.50. The Hall–Kier alpha value is -0.770. The molecule has 19 heavy (non-hydrogen) atoms. The fourth-order valence-electron chi connectivity index (χ4n) is 2.68. The molecule has 0 unspecified atom stereocenters. The average Bonchev–Trinajstić information content (AvgIpc) is 2.91. The van der Waals surface area contributed by atoms with Crippen molar-refractivity contribution in [1.29, 1.82) is 0 Å². The van der Waals surface area contributed by atoms with Crippen molar-refractivity contribution in [2.75, 3.05) is 44.7 Å². The zero-order valence-electron chi connectivity index (χ0n) is 11.7. The molecule has 0 aliphatic carbocycles. The number of benzene rings is 1. The molecule has 0 atom stereocenters. The van der Waals surface area contributed by atoms with Gasteiger partial charge in [0.2, 0.25) is 0 Å². The number of hydrogen-bond acceptors (Lipinski definition) is 3. The smallest absolute Gasteiger partial charge is 0.0426 e. The fourth-order valence-corrected chi connectivity index (χ4v) is 2.84. The van der Waals surface area contributed by atoms with Gasteiger partial charge < -0.3 is 15.5 Å². The molecule has 1 saturated heterocycles. The maximum absolute atomic E-state index is 6.12. The normalized spacial score (nSPS) is 15.9. The summed E-state index contributed by atoms with van der Waals surface area (Å²) in [6, 6.07) is 6.10. The van der Waals surface area contributed by atoms with Crippen LogP contribution in [0.25, 0.3) is 0 Å². The SMILES string of the molecule is CN(CCN1CCCC1)c1cc(Cl)ccc1CCN. The number of rotatable bonds is 6. The molecule has 1 fully saturated rings. The maximum atomic E-state index is 6.12. The Morgan fingerprint density at radius 3 is 2.74 bits per heavy atom. The maximum Gasteiger partial charge on any atom is 0.0426 e. The Bertz CT molecular complexity index is 402. The molecule has 1 aromatic carbocycles. The van der Waals surface area contributed by atoms with Gasteiger partial charge in [0.25, 0.3) is 0 Å². The van der Waals surface area contributed by atoms with Crippen LogP contribution in [0.4, 0.5) is 5.69 Å². The molecule has 1 aromatic rings. The van der Waals surface area contributed by atoms with Gasteiger partial charge in [-0.05, 0) is 56.6 Å². The molecule has 0 radical (unpaired) electrons. The fraction of sp³-hybridized carbons (Fsp3) is 0.600. The van der Waals surface area contributed by atoms with Gasteiger partial charge in [-0.25, -0.2) is 0 Å². The largest absolute Gasteiger partial charge is 0.373 e. The zero-order valence-corrected chi connectivity index (χ0v) is 12.5. The van der Waals surface area contributed by atoms with Crippen molar-refractivity contribution in [2.45, 2.75) is 19.3 Å². The summed E-state index contributed by atoms with van der Waals surface area (Å²) in [5.41, 5.74) is 8.19. The van der Waals surface area contributed by atoms with E-state index < -0.39 is 0 Å². The lowest BCUT2D eigenvalue weighted by Crippen LogP contribution is -2.32. The summed E-state index contributed by atoms with van der Waals surface area (Å²) >= 11 is 6.12. The first kappa shape index (κ1) is 14.6. The van der Waals surface area contributed by atoms with Crippen molar-refractivity contribution in [1.82, 2.24) is 4.90 Å². The Labute approximate surface area is 121 Å². The number of likely N-dealkylation sites (tertiary alicyclic amines) is 1. The molecule has 1 heterocycles. The minimum absolute atomic E-state index is 0.675. The highest BCUT2D eigenvalue weighted by Gasteiger charge is 2.13. The Morgan fingerprint density at radius 2 is 2.05 bits per heavy atom. The highest BCUT2D eigenvalue weighted by atomic mass is 35.5. The molecule has 2 rings (SSSR count). The van der Waals surface area contributed by atoms with Crippen LogP contribution in [0.2, 0.25) is 5.02 Å². The molecular weight excluding hydrogens is 258 g/mol. The third kappa shape index (κ3) is 4.10. The molecule has 3 nitrogen and oxygen atoms in total. The lowest BCUT2D eigenvalue weighted by atomic mass is 10.1. The summed E-state index contributed by atoms with van der Waals surface area (Å²) < 4.78 is 0. The molecule has 0 bridgehead atoms. The number of nitrogens with two attached hydrogens (primary N) is 1. The number of hydrogen-bond donors (Lipinski definition) is 1. The minimum Gasteiger partial charge on any atom is -0.373 e. The molecule has 2 N–H and O–H groups in total.